The van der Waals surface area contributed by atoms with Crippen LogP contribution in [0.15, 0.2) is 72.8 Å². The second-order valence-electron chi connectivity index (χ2n) is 11.4. The molecule has 2 bridgehead atoms. The highest BCUT2D eigenvalue weighted by Gasteiger charge is 2.68. The number of hydrogen-bond donors (Lipinski definition) is 0. The number of nitrogens with zero attached hydrogens (tertiary/aromatic N) is 2. The highest BCUT2D eigenvalue weighted by atomic mass is 16.5. The van der Waals surface area contributed by atoms with Crippen LogP contribution < -0.4 is 0 Å². The molecule has 3 fully saturated rings. The van der Waals surface area contributed by atoms with Crippen LogP contribution in [0, 0.1) is 35.5 Å². The van der Waals surface area contributed by atoms with Gasteiger partial charge in [0.15, 0.2) is 0 Å². The molecule has 10 nitrogen and oxygen atoms in total. The Kier molecular flexibility index (Phi) is 7.00. The quantitative estimate of drug-likeness (QED) is 0.269. The van der Waals surface area contributed by atoms with Gasteiger partial charge in [-0.05, 0) is 38.1 Å². The van der Waals surface area contributed by atoms with Gasteiger partial charge in [-0.25, -0.2) is 9.59 Å². The number of carbonyl (C=O) groups excluding carboxylic acids is 6. The zero-order valence-electron chi connectivity index (χ0n) is 23.1. The third-order valence-electron chi connectivity index (χ3n) is 8.71. The molecule has 216 valence electrons. The Hall–Kier alpha value is -4.60. The monoisotopic (exact) mass is 570 g/mol. The SMILES string of the molecule is CC(CN1C(=O)C2C3C=CC(C2C1=O)C1C(=O)N(CC(C)OC(=O)c2ccccc2)C(=O)C31)OC(=O)c1ccccc1. The van der Waals surface area contributed by atoms with Crippen LogP contribution in [0.4, 0.5) is 0 Å². The molecule has 0 spiro atoms. The molecule has 0 radical (unpaired) electrons. The van der Waals surface area contributed by atoms with Crippen molar-refractivity contribution in [1.82, 2.24) is 9.80 Å². The number of hydrogen-bond acceptors (Lipinski definition) is 8. The lowest BCUT2D eigenvalue weighted by Gasteiger charge is -2.44. The number of likely N-dealkylation sites (tertiary alicyclic amines) is 2. The molecule has 10 heteroatoms. The Morgan fingerprint density at radius 2 is 0.905 bits per heavy atom. The second kappa shape index (κ2) is 10.7. The van der Waals surface area contributed by atoms with E-state index in [0.29, 0.717) is 11.1 Å². The van der Waals surface area contributed by atoms with Crippen LogP contribution in [0.2, 0.25) is 0 Å². The summed E-state index contributed by atoms with van der Waals surface area (Å²) in [7, 11) is 0. The van der Waals surface area contributed by atoms with Crippen molar-refractivity contribution in [3.63, 3.8) is 0 Å². The van der Waals surface area contributed by atoms with Crippen LogP contribution in [-0.4, -0.2) is 70.7 Å². The summed E-state index contributed by atoms with van der Waals surface area (Å²) >= 11 is 0. The van der Waals surface area contributed by atoms with Gasteiger partial charge < -0.3 is 9.47 Å². The summed E-state index contributed by atoms with van der Waals surface area (Å²) < 4.78 is 11.0. The zero-order chi connectivity index (χ0) is 29.7. The lowest BCUT2D eigenvalue weighted by Crippen LogP contribution is -2.50. The van der Waals surface area contributed by atoms with Crippen molar-refractivity contribution in [3.8, 4) is 0 Å². The predicted octanol–water partition coefficient (Wildman–Crippen LogP) is 2.50. The fourth-order valence-electron chi connectivity index (χ4n) is 6.95. The summed E-state index contributed by atoms with van der Waals surface area (Å²) in [5, 5.41) is 0. The Labute approximate surface area is 242 Å². The van der Waals surface area contributed by atoms with Gasteiger partial charge in [-0.1, -0.05) is 48.6 Å². The first-order valence-electron chi connectivity index (χ1n) is 14.1. The largest absolute Gasteiger partial charge is 0.457 e. The number of esters is 2. The lowest BCUT2D eigenvalue weighted by molar-refractivity contribution is -0.142. The van der Waals surface area contributed by atoms with Crippen molar-refractivity contribution in [1.29, 1.82) is 0 Å². The van der Waals surface area contributed by atoms with Gasteiger partial charge in [0.2, 0.25) is 23.6 Å². The van der Waals surface area contributed by atoms with Gasteiger partial charge in [0.25, 0.3) is 0 Å². The minimum Gasteiger partial charge on any atom is -0.457 e. The zero-order valence-corrected chi connectivity index (χ0v) is 23.1. The number of imide groups is 2. The van der Waals surface area contributed by atoms with E-state index >= 15 is 0 Å². The highest BCUT2D eigenvalue weighted by molar-refractivity contribution is 6.11. The maximum absolute atomic E-state index is 13.6. The summed E-state index contributed by atoms with van der Waals surface area (Å²) in [6.45, 7) is 3.00. The molecular weight excluding hydrogens is 540 g/mol. The second-order valence-corrected chi connectivity index (χ2v) is 11.4. The van der Waals surface area contributed by atoms with Crippen LogP contribution in [-0.2, 0) is 28.7 Å². The molecule has 2 aliphatic heterocycles. The summed E-state index contributed by atoms with van der Waals surface area (Å²) in [5.41, 5.74) is 0.718. The maximum Gasteiger partial charge on any atom is 0.338 e. The predicted molar refractivity (Wildman–Crippen MR) is 146 cm³/mol. The first-order chi connectivity index (χ1) is 20.2. The van der Waals surface area contributed by atoms with Crippen molar-refractivity contribution in [2.24, 2.45) is 35.5 Å². The third-order valence-corrected chi connectivity index (χ3v) is 8.71. The first-order valence-corrected chi connectivity index (χ1v) is 14.1. The van der Waals surface area contributed by atoms with Gasteiger partial charge in [-0.15, -0.1) is 0 Å². The van der Waals surface area contributed by atoms with E-state index < -0.39 is 83.3 Å². The van der Waals surface area contributed by atoms with E-state index in [2.05, 4.69) is 0 Å². The smallest absolute Gasteiger partial charge is 0.338 e. The molecule has 5 aliphatic rings. The molecule has 6 unspecified atom stereocenters. The molecule has 2 saturated heterocycles. The van der Waals surface area contributed by atoms with Gasteiger partial charge in [0, 0.05) is 11.8 Å². The van der Waals surface area contributed by atoms with E-state index in [9.17, 15) is 28.8 Å². The van der Waals surface area contributed by atoms with Gasteiger partial charge in [0.1, 0.15) is 12.2 Å². The third kappa shape index (κ3) is 4.51. The van der Waals surface area contributed by atoms with Gasteiger partial charge in [0.05, 0.1) is 47.9 Å². The minimum atomic E-state index is -0.768. The Bertz CT molecular complexity index is 1330. The van der Waals surface area contributed by atoms with E-state index in [-0.39, 0.29) is 13.1 Å². The average molecular weight is 571 g/mol. The molecule has 0 N–H and O–H groups in total. The normalized spacial score (nSPS) is 28.9. The number of carbonyl (C=O) groups is 6. The summed E-state index contributed by atoms with van der Waals surface area (Å²) in [5.74, 6) is -7.11. The average Bonchev–Trinajstić information content (AvgIpc) is 3.40. The molecule has 7 rings (SSSR count). The lowest BCUT2D eigenvalue weighted by atomic mass is 9.54. The topological polar surface area (TPSA) is 127 Å². The Morgan fingerprint density at radius 3 is 1.21 bits per heavy atom. The summed E-state index contributed by atoms with van der Waals surface area (Å²) in [6.07, 6.45) is 2.06. The summed E-state index contributed by atoms with van der Waals surface area (Å²) in [4.78, 5) is 81.5. The molecule has 4 amide bonds. The first kappa shape index (κ1) is 27.6. The molecule has 6 atom stereocenters. The molecule has 42 heavy (non-hydrogen) atoms. The summed E-state index contributed by atoms with van der Waals surface area (Å²) in [6, 6.07) is 16.8. The fourth-order valence-corrected chi connectivity index (χ4v) is 6.95. The van der Waals surface area contributed by atoms with Gasteiger partial charge in [-0.3, -0.25) is 29.0 Å². The van der Waals surface area contributed by atoms with Crippen molar-refractivity contribution in [3.05, 3.63) is 83.9 Å². The van der Waals surface area contributed by atoms with Crippen molar-refractivity contribution in [2.45, 2.75) is 26.1 Å². The minimum absolute atomic E-state index is 0.115. The van der Waals surface area contributed by atoms with Crippen LogP contribution in [0.25, 0.3) is 0 Å². The number of allylic oxidation sites excluding steroid dienone is 2. The molecule has 2 heterocycles. The van der Waals surface area contributed by atoms with Crippen molar-refractivity contribution < 1.29 is 38.2 Å². The van der Waals surface area contributed by atoms with Gasteiger partial charge in [-0.2, -0.15) is 0 Å². The number of benzene rings is 2. The van der Waals surface area contributed by atoms with Gasteiger partial charge >= 0.3 is 11.9 Å². The maximum atomic E-state index is 13.6. The van der Waals surface area contributed by atoms with Crippen LogP contribution in [0.5, 0.6) is 0 Å². The van der Waals surface area contributed by atoms with Crippen molar-refractivity contribution in [2.75, 3.05) is 13.1 Å². The molecule has 2 aromatic carbocycles. The van der Waals surface area contributed by atoms with E-state index in [4.69, 9.17) is 9.47 Å². The Morgan fingerprint density at radius 1 is 0.595 bits per heavy atom. The van der Waals surface area contributed by atoms with Crippen molar-refractivity contribution >= 4 is 35.6 Å². The molecule has 3 aliphatic carbocycles. The fraction of sp³-hybridized carbons (Fsp3) is 0.375. The van der Waals surface area contributed by atoms with Crippen LogP contribution in [0.3, 0.4) is 0 Å². The number of rotatable bonds is 8. The Balaban J connectivity index is 1.14. The van der Waals surface area contributed by atoms with E-state index in [0.717, 1.165) is 9.80 Å². The standard InChI is InChI=1S/C32H30N2O8/c1-17(41-31(39)19-9-5-3-6-10-19)15-33-27(35)23-21-13-14-22(24(23)28(33)36)26-25(21)29(37)34(30(26)38)16-18(2)42-32(40)20-11-7-4-8-12-20/h3-14,17-18,21-26H,15-16H2,1-2H3. The molecule has 1 saturated carbocycles. The van der Waals surface area contributed by atoms with E-state index in [1.54, 1.807) is 86.7 Å². The van der Waals surface area contributed by atoms with E-state index in [1.165, 1.54) is 0 Å². The molecule has 0 aromatic heterocycles. The number of ether oxygens (including phenoxy) is 2. The highest BCUT2D eigenvalue weighted by Crippen LogP contribution is 2.57. The number of amides is 4. The van der Waals surface area contributed by atoms with Crippen LogP contribution >= 0.6 is 0 Å². The molecular formula is C32H30N2O8. The van der Waals surface area contributed by atoms with E-state index in [1.807, 2.05) is 0 Å². The molecule has 2 aromatic rings. The van der Waals surface area contributed by atoms with Crippen LogP contribution in [0.1, 0.15) is 34.6 Å².